The Bertz CT molecular complexity index is 676. The topological polar surface area (TPSA) is 53.2 Å². The SMILES string of the molecule is O=C(c1ccc[nH]c1=O)N1CCCc2ccccc21. The second-order valence-corrected chi connectivity index (χ2v) is 4.60. The van der Waals surface area contributed by atoms with Crippen LogP contribution in [0.2, 0.25) is 0 Å². The monoisotopic (exact) mass is 254 g/mol. The highest BCUT2D eigenvalue weighted by molar-refractivity contribution is 6.06. The van der Waals surface area contributed by atoms with Crippen molar-refractivity contribution in [2.24, 2.45) is 0 Å². The van der Waals surface area contributed by atoms with Crippen molar-refractivity contribution in [3.63, 3.8) is 0 Å². The fraction of sp³-hybridized carbons (Fsp3) is 0.200. The number of nitrogens with one attached hydrogen (secondary N) is 1. The molecule has 0 radical (unpaired) electrons. The normalized spacial score (nSPS) is 14.0. The summed E-state index contributed by atoms with van der Waals surface area (Å²) in [5, 5.41) is 0. The van der Waals surface area contributed by atoms with Gasteiger partial charge in [-0.3, -0.25) is 9.59 Å². The molecule has 1 aromatic carbocycles. The van der Waals surface area contributed by atoms with Crippen molar-refractivity contribution >= 4 is 11.6 Å². The van der Waals surface area contributed by atoms with E-state index in [9.17, 15) is 9.59 Å². The van der Waals surface area contributed by atoms with Gasteiger partial charge in [0.15, 0.2) is 0 Å². The molecule has 4 nitrogen and oxygen atoms in total. The van der Waals surface area contributed by atoms with Crippen molar-refractivity contribution < 1.29 is 4.79 Å². The van der Waals surface area contributed by atoms with Crippen molar-refractivity contribution in [1.29, 1.82) is 0 Å². The van der Waals surface area contributed by atoms with Gasteiger partial charge in [0.05, 0.1) is 0 Å². The number of hydrogen-bond donors (Lipinski definition) is 1. The van der Waals surface area contributed by atoms with Crippen molar-refractivity contribution in [3.8, 4) is 0 Å². The number of pyridine rings is 1. The van der Waals surface area contributed by atoms with Crippen LogP contribution in [0, 0.1) is 0 Å². The summed E-state index contributed by atoms with van der Waals surface area (Å²) >= 11 is 0. The molecule has 0 bridgehead atoms. The molecule has 1 aromatic heterocycles. The number of carbonyl (C=O) groups excluding carboxylic acids is 1. The minimum Gasteiger partial charge on any atom is -0.328 e. The molecule has 1 aliphatic heterocycles. The number of aryl methyl sites for hydroxylation is 1. The standard InChI is InChI=1S/C15H14N2O2/c18-14-12(7-3-9-16-14)15(19)17-10-4-6-11-5-1-2-8-13(11)17/h1-3,5,7-9H,4,6,10H2,(H,16,18). The van der Waals surface area contributed by atoms with Gasteiger partial charge in [-0.05, 0) is 36.6 Å². The van der Waals surface area contributed by atoms with Gasteiger partial charge in [0.25, 0.3) is 11.5 Å². The summed E-state index contributed by atoms with van der Waals surface area (Å²) < 4.78 is 0. The first kappa shape index (κ1) is 11.7. The average molecular weight is 254 g/mol. The Morgan fingerprint density at radius 1 is 1.16 bits per heavy atom. The third-order valence-corrected chi connectivity index (χ3v) is 3.40. The summed E-state index contributed by atoms with van der Waals surface area (Å²) in [5.74, 6) is -0.228. The highest BCUT2D eigenvalue weighted by Gasteiger charge is 2.24. The lowest BCUT2D eigenvalue weighted by Crippen LogP contribution is -2.38. The number of fused-ring (bicyclic) bond motifs is 1. The van der Waals surface area contributed by atoms with Gasteiger partial charge >= 0.3 is 0 Å². The Morgan fingerprint density at radius 3 is 2.84 bits per heavy atom. The predicted octanol–water partition coefficient (Wildman–Crippen LogP) is 1.97. The number of H-pyrrole nitrogens is 1. The molecule has 1 amide bonds. The molecule has 0 spiro atoms. The largest absolute Gasteiger partial charge is 0.328 e. The van der Waals surface area contributed by atoms with Gasteiger partial charge in [-0.2, -0.15) is 0 Å². The maximum absolute atomic E-state index is 12.5. The summed E-state index contributed by atoms with van der Waals surface area (Å²) in [6, 6.07) is 11.1. The van der Waals surface area contributed by atoms with E-state index in [0.29, 0.717) is 6.54 Å². The van der Waals surface area contributed by atoms with Crippen LogP contribution in [0.4, 0.5) is 5.69 Å². The van der Waals surface area contributed by atoms with Crippen LogP contribution in [0.15, 0.2) is 47.4 Å². The maximum Gasteiger partial charge on any atom is 0.263 e. The molecular formula is C15H14N2O2. The highest BCUT2D eigenvalue weighted by Crippen LogP contribution is 2.27. The number of rotatable bonds is 1. The van der Waals surface area contributed by atoms with Crippen molar-refractivity contribution in [2.45, 2.75) is 12.8 Å². The van der Waals surface area contributed by atoms with Crippen molar-refractivity contribution in [1.82, 2.24) is 4.98 Å². The van der Waals surface area contributed by atoms with Crippen molar-refractivity contribution in [2.75, 3.05) is 11.4 Å². The smallest absolute Gasteiger partial charge is 0.263 e. The Morgan fingerprint density at radius 2 is 2.00 bits per heavy atom. The third kappa shape index (κ3) is 2.05. The fourth-order valence-electron chi connectivity index (χ4n) is 2.48. The van der Waals surface area contributed by atoms with E-state index in [-0.39, 0.29) is 17.0 Å². The van der Waals surface area contributed by atoms with Crippen LogP contribution < -0.4 is 10.5 Å². The van der Waals surface area contributed by atoms with Crippen LogP contribution in [0.1, 0.15) is 22.3 Å². The Hall–Kier alpha value is -2.36. The van der Waals surface area contributed by atoms with E-state index in [1.54, 1.807) is 17.0 Å². The van der Waals surface area contributed by atoms with E-state index in [4.69, 9.17) is 0 Å². The second-order valence-electron chi connectivity index (χ2n) is 4.60. The van der Waals surface area contributed by atoms with E-state index >= 15 is 0 Å². The number of nitrogens with zero attached hydrogens (tertiary/aromatic N) is 1. The zero-order valence-electron chi connectivity index (χ0n) is 10.4. The number of benzene rings is 1. The molecule has 4 heteroatoms. The molecule has 0 atom stereocenters. The zero-order chi connectivity index (χ0) is 13.2. The van der Waals surface area contributed by atoms with Gasteiger partial charge in [0.1, 0.15) is 5.56 Å². The third-order valence-electron chi connectivity index (χ3n) is 3.40. The first-order valence-electron chi connectivity index (χ1n) is 6.35. The quantitative estimate of drug-likeness (QED) is 0.845. The molecule has 96 valence electrons. The van der Waals surface area contributed by atoms with E-state index < -0.39 is 0 Å². The van der Waals surface area contributed by atoms with Gasteiger partial charge in [0.2, 0.25) is 0 Å². The lowest BCUT2D eigenvalue weighted by Gasteiger charge is -2.29. The van der Waals surface area contributed by atoms with Crippen LogP contribution in [0.5, 0.6) is 0 Å². The summed E-state index contributed by atoms with van der Waals surface area (Å²) in [5.41, 5.74) is 1.94. The van der Waals surface area contributed by atoms with E-state index in [2.05, 4.69) is 4.98 Å². The molecule has 0 saturated heterocycles. The molecule has 19 heavy (non-hydrogen) atoms. The number of aromatic amines is 1. The van der Waals surface area contributed by atoms with Crippen LogP contribution in [0.25, 0.3) is 0 Å². The van der Waals surface area contributed by atoms with Crippen LogP contribution in [-0.2, 0) is 6.42 Å². The second kappa shape index (κ2) is 4.72. The number of hydrogen-bond acceptors (Lipinski definition) is 2. The van der Waals surface area contributed by atoms with Gasteiger partial charge in [-0.25, -0.2) is 0 Å². The molecule has 0 aliphatic carbocycles. The predicted molar refractivity (Wildman–Crippen MR) is 73.5 cm³/mol. The summed E-state index contributed by atoms with van der Waals surface area (Å²) in [7, 11) is 0. The lowest BCUT2D eigenvalue weighted by atomic mass is 10.0. The number of aromatic nitrogens is 1. The number of carbonyl (C=O) groups is 1. The first-order chi connectivity index (χ1) is 9.27. The van der Waals surface area contributed by atoms with Gasteiger partial charge < -0.3 is 9.88 Å². The van der Waals surface area contributed by atoms with Crippen LogP contribution >= 0.6 is 0 Å². The highest BCUT2D eigenvalue weighted by atomic mass is 16.2. The van der Waals surface area contributed by atoms with Crippen molar-refractivity contribution in [3.05, 3.63) is 64.1 Å². The minimum atomic E-state index is -0.337. The Labute approximate surface area is 110 Å². The molecule has 1 aliphatic rings. The number of anilines is 1. The van der Waals surface area contributed by atoms with Gasteiger partial charge in [-0.1, -0.05) is 18.2 Å². The first-order valence-corrected chi connectivity index (χ1v) is 6.35. The maximum atomic E-state index is 12.5. The lowest BCUT2D eigenvalue weighted by molar-refractivity contribution is 0.0983. The molecule has 0 unspecified atom stereocenters. The fourth-order valence-corrected chi connectivity index (χ4v) is 2.48. The molecule has 3 rings (SSSR count). The number of para-hydroxylation sites is 1. The average Bonchev–Trinajstić information content (AvgIpc) is 2.46. The molecule has 1 N–H and O–H groups in total. The van der Waals surface area contributed by atoms with Gasteiger partial charge in [-0.15, -0.1) is 0 Å². The summed E-state index contributed by atoms with van der Waals surface area (Å²) in [6.07, 6.45) is 3.43. The molecule has 2 heterocycles. The molecule has 0 fully saturated rings. The minimum absolute atomic E-state index is 0.194. The zero-order valence-corrected chi connectivity index (χ0v) is 10.4. The van der Waals surface area contributed by atoms with Gasteiger partial charge in [0, 0.05) is 18.4 Å². The van der Waals surface area contributed by atoms with E-state index in [1.165, 1.54) is 6.20 Å². The van der Waals surface area contributed by atoms with Crippen LogP contribution in [0.3, 0.4) is 0 Å². The molecular weight excluding hydrogens is 240 g/mol. The summed E-state index contributed by atoms with van der Waals surface area (Å²) in [6.45, 7) is 0.657. The molecule has 0 saturated carbocycles. The summed E-state index contributed by atoms with van der Waals surface area (Å²) in [4.78, 5) is 28.4. The van der Waals surface area contributed by atoms with E-state index in [0.717, 1.165) is 24.1 Å². The Balaban J connectivity index is 2.03. The number of amides is 1. The van der Waals surface area contributed by atoms with E-state index in [1.807, 2.05) is 24.3 Å². The van der Waals surface area contributed by atoms with Crippen LogP contribution in [-0.4, -0.2) is 17.4 Å². The molecule has 2 aromatic rings. The Kier molecular flexibility index (Phi) is 2.91.